The van der Waals surface area contributed by atoms with Crippen molar-refractivity contribution in [2.45, 2.75) is 19.3 Å². The number of carboxylic acids is 2. The van der Waals surface area contributed by atoms with Crippen LogP contribution in [0.25, 0.3) is 0 Å². The number of aliphatic hydroxyl groups is 1. The molecule has 3 unspecified atom stereocenters. The molecule has 0 aromatic rings. The molecule has 3 atom stereocenters. The summed E-state index contributed by atoms with van der Waals surface area (Å²) in [5, 5.41) is 26.5. The van der Waals surface area contributed by atoms with Gasteiger partial charge in [-0.15, -0.1) is 0 Å². The Morgan fingerprint density at radius 3 is 2.21 bits per heavy atom. The van der Waals surface area contributed by atoms with Crippen LogP contribution in [0.1, 0.15) is 19.3 Å². The molecule has 1 saturated carbocycles. The number of aliphatic carboxylic acids is 2. The maximum atomic E-state index is 10.7. The third-order valence-corrected chi connectivity index (χ3v) is 2.88. The van der Waals surface area contributed by atoms with Crippen molar-refractivity contribution in [3.8, 4) is 0 Å². The lowest BCUT2D eigenvalue weighted by Crippen LogP contribution is -2.35. The van der Waals surface area contributed by atoms with Gasteiger partial charge in [0.15, 0.2) is 0 Å². The van der Waals surface area contributed by atoms with E-state index in [0.717, 1.165) is 0 Å². The van der Waals surface area contributed by atoms with E-state index in [4.69, 9.17) is 15.3 Å². The lowest BCUT2D eigenvalue weighted by Gasteiger charge is -2.30. The van der Waals surface area contributed by atoms with Gasteiger partial charge in [0.1, 0.15) is 0 Å². The number of rotatable bonds is 3. The highest BCUT2D eigenvalue weighted by molar-refractivity contribution is 5.73. The largest absolute Gasteiger partial charge is 0.481 e. The molecule has 3 N–H and O–H groups in total. The zero-order valence-electron chi connectivity index (χ0n) is 7.72. The van der Waals surface area contributed by atoms with Crippen LogP contribution in [-0.2, 0) is 9.59 Å². The molecule has 0 radical (unpaired) electrons. The number of carbonyl (C=O) groups is 2. The fourth-order valence-electron chi connectivity index (χ4n) is 2.02. The molecule has 1 aliphatic rings. The normalized spacial score (nSPS) is 32.5. The van der Waals surface area contributed by atoms with Gasteiger partial charge in [0.05, 0.1) is 11.8 Å². The molecule has 0 aromatic heterocycles. The van der Waals surface area contributed by atoms with Crippen LogP contribution < -0.4 is 0 Å². The molecular formula is C9H14O5. The molecule has 0 amide bonds. The number of carboxylic acid groups (broad SMARTS) is 2. The average molecular weight is 202 g/mol. The monoisotopic (exact) mass is 202 g/mol. The predicted molar refractivity (Wildman–Crippen MR) is 46.7 cm³/mol. The number of hydrogen-bond donors (Lipinski definition) is 3. The van der Waals surface area contributed by atoms with Gasteiger partial charge >= 0.3 is 11.9 Å². The summed E-state index contributed by atoms with van der Waals surface area (Å²) in [6, 6.07) is 0. The van der Waals surface area contributed by atoms with Crippen LogP contribution in [0.3, 0.4) is 0 Å². The summed E-state index contributed by atoms with van der Waals surface area (Å²) in [6.45, 7) is -0.249. The molecule has 1 aliphatic carbocycles. The maximum Gasteiger partial charge on any atom is 0.306 e. The van der Waals surface area contributed by atoms with Gasteiger partial charge in [0.2, 0.25) is 0 Å². The third-order valence-electron chi connectivity index (χ3n) is 2.88. The summed E-state index contributed by atoms with van der Waals surface area (Å²) in [6.07, 6.45) is 1.00. The van der Waals surface area contributed by atoms with Crippen molar-refractivity contribution in [3.05, 3.63) is 0 Å². The molecule has 1 fully saturated rings. The summed E-state index contributed by atoms with van der Waals surface area (Å²) >= 11 is 0. The first kappa shape index (κ1) is 11.0. The van der Waals surface area contributed by atoms with Crippen molar-refractivity contribution in [2.75, 3.05) is 6.61 Å². The van der Waals surface area contributed by atoms with Crippen molar-refractivity contribution >= 4 is 11.9 Å². The van der Waals surface area contributed by atoms with Gasteiger partial charge in [-0.25, -0.2) is 0 Å². The Morgan fingerprint density at radius 1 is 1.14 bits per heavy atom. The third kappa shape index (κ3) is 2.23. The second-order valence-electron chi connectivity index (χ2n) is 3.74. The Morgan fingerprint density at radius 2 is 1.79 bits per heavy atom. The van der Waals surface area contributed by atoms with E-state index >= 15 is 0 Å². The molecule has 0 aliphatic heterocycles. The van der Waals surface area contributed by atoms with Crippen LogP contribution in [0.4, 0.5) is 0 Å². The molecule has 0 aromatic carbocycles. The van der Waals surface area contributed by atoms with Crippen LogP contribution in [0.2, 0.25) is 0 Å². The van der Waals surface area contributed by atoms with Gasteiger partial charge in [-0.3, -0.25) is 9.59 Å². The lowest BCUT2D eigenvalue weighted by molar-refractivity contribution is -0.151. The zero-order chi connectivity index (χ0) is 10.7. The van der Waals surface area contributed by atoms with E-state index < -0.39 is 29.7 Å². The van der Waals surface area contributed by atoms with Gasteiger partial charge in [-0.05, 0) is 25.2 Å². The molecule has 1 rings (SSSR count). The Kier molecular flexibility index (Phi) is 3.46. The summed E-state index contributed by atoms with van der Waals surface area (Å²) in [4.78, 5) is 21.4. The van der Waals surface area contributed by atoms with E-state index in [1.807, 2.05) is 0 Å². The van der Waals surface area contributed by atoms with Crippen molar-refractivity contribution in [2.24, 2.45) is 17.8 Å². The van der Waals surface area contributed by atoms with E-state index in [0.29, 0.717) is 12.8 Å². The Bertz CT molecular complexity index is 237. The number of hydrogen-bond acceptors (Lipinski definition) is 3. The second-order valence-corrected chi connectivity index (χ2v) is 3.74. The standard InChI is InChI=1S/C9H14O5/c10-4-6-3-5(8(11)12)1-2-7(6)9(13)14/h5-7,10H,1-4H2,(H,11,12)(H,13,14). The lowest BCUT2D eigenvalue weighted by atomic mass is 9.74. The van der Waals surface area contributed by atoms with Crippen LogP contribution in [0, 0.1) is 17.8 Å². The Hall–Kier alpha value is -1.10. The van der Waals surface area contributed by atoms with Crippen LogP contribution in [0.15, 0.2) is 0 Å². The average Bonchev–Trinajstić information content (AvgIpc) is 2.16. The minimum absolute atomic E-state index is 0.249. The summed E-state index contributed by atoms with van der Waals surface area (Å²) in [5.74, 6) is -3.33. The first-order valence-corrected chi connectivity index (χ1v) is 4.62. The Labute approximate surface area is 81.4 Å². The SMILES string of the molecule is O=C(O)C1CCC(C(=O)O)C(CO)C1. The van der Waals surface area contributed by atoms with Crippen molar-refractivity contribution in [1.82, 2.24) is 0 Å². The van der Waals surface area contributed by atoms with Gasteiger partial charge in [0, 0.05) is 6.61 Å². The summed E-state index contributed by atoms with van der Waals surface area (Å²) in [7, 11) is 0. The highest BCUT2D eigenvalue weighted by Crippen LogP contribution is 2.33. The van der Waals surface area contributed by atoms with E-state index in [2.05, 4.69) is 0 Å². The molecule has 14 heavy (non-hydrogen) atoms. The maximum absolute atomic E-state index is 10.7. The summed E-state index contributed by atoms with van der Waals surface area (Å²) < 4.78 is 0. The quantitative estimate of drug-likeness (QED) is 0.606. The molecule has 0 heterocycles. The van der Waals surface area contributed by atoms with Crippen molar-refractivity contribution < 1.29 is 24.9 Å². The Balaban J connectivity index is 2.63. The second kappa shape index (κ2) is 4.41. The van der Waals surface area contributed by atoms with E-state index in [1.165, 1.54) is 0 Å². The van der Waals surface area contributed by atoms with E-state index in [-0.39, 0.29) is 13.0 Å². The molecule has 80 valence electrons. The van der Waals surface area contributed by atoms with Crippen molar-refractivity contribution in [3.63, 3.8) is 0 Å². The topological polar surface area (TPSA) is 94.8 Å². The van der Waals surface area contributed by atoms with Gasteiger partial charge in [-0.1, -0.05) is 0 Å². The highest BCUT2D eigenvalue weighted by atomic mass is 16.4. The first-order chi connectivity index (χ1) is 6.56. The fraction of sp³-hybridized carbons (Fsp3) is 0.778. The molecule has 0 bridgehead atoms. The highest BCUT2D eigenvalue weighted by Gasteiger charge is 2.37. The van der Waals surface area contributed by atoms with Gasteiger partial charge in [0.25, 0.3) is 0 Å². The van der Waals surface area contributed by atoms with Gasteiger partial charge in [-0.2, -0.15) is 0 Å². The van der Waals surface area contributed by atoms with Crippen LogP contribution in [-0.4, -0.2) is 33.9 Å². The molecule has 5 nitrogen and oxygen atoms in total. The van der Waals surface area contributed by atoms with E-state index in [9.17, 15) is 9.59 Å². The first-order valence-electron chi connectivity index (χ1n) is 4.62. The zero-order valence-corrected chi connectivity index (χ0v) is 7.72. The van der Waals surface area contributed by atoms with Crippen LogP contribution in [0.5, 0.6) is 0 Å². The van der Waals surface area contributed by atoms with Crippen molar-refractivity contribution in [1.29, 1.82) is 0 Å². The molecule has 0 saturated heterocycles. The smallest absolute Gasteiger partial charge is 0.306 e. The van der Waals surface area contributed by atoms with Gasteiger partial charge < -0.3 is 15.3 Å². The number of aliphatic hydroxyl groups excluding tert-OH is 1. The summed E-state index contributed by atoms with van der Waals surface area (Å²) in [5.41, 5.74) is 0. The molecular weight excluding hydrogens is 188 g/mol. The fourth-order valence-corrected chi connectivity index (χ4v) is 2.02. The minimum atomic E-state index is -0.937. The minimum Gasteiger partial charge on any atom is -0.481 e. The van der Waals surface area contributed by atoms with E-state index in [1.54, 1.807) is 0 Å². The molecule has 0 spiro atoms. The van der Waals surface area contributed by atoms with Crippen LogP contribution >= 0.6 is 0 Å². The molecule has 5 heteroatoms. The predicted octanol–water partition coefficient (Wildman–Crippen LogP) is 0.180.